The minimum Gasteiger partial charge on any atom is -0.493 e. The molecule has 9 nitrogen and oxygen atoms in total. The molecule has 0 radical (unpaired) electrons. The lowest BCUT2D eigenvalue weighted by molar-refractivity contribution is -0.385. The van der Waals surface area contributed by atoms with Crippen molar-refractivity contribution in [2.24, 2.45) is 0 Å². The van der Waals surface area contributed by atoms with E-state index in [2.05, 4.69) is 0 Å². The van der Waals surface area contributed by atoms with Crippen LogP contribution in [0, 0.1) is 10.1 Å². The number of rotatable bonds is 8. The molecule has 0 saturated carbocycles. The summed E-state index contributed by atoms with van der Waals surface area (Å²) in [6.07, 6.45) is -0.260. The molecule has 23 heavy (non-hydrogen) atoms. The maximum absolute atomic E-state index is 12.4. The van der Waals surface area contributed by atoms with Crippen LogP contribution in [0.3, 0.4) is 0 Å². The monoisotopic (exact) mass is 326 g/mol. The van der Waals surface area contributed by atoms with Gasteiger partial charge in [-0.2, -0.15) is 0 Å². The zero-order chi connectivity index (χ0) is 17.6. The van der Waals surface area contributed by atoms with Crippen molar-refractivity contribution in [3.8, 4) is 11.5 Å². The molecule has 0 saturated heterocycles. The number of ether oxygens (including phenoxy) is 2. The van der Waals surface area contributed by atoms with Crippen LogP contribution in [0.4, 0.5) is 5.69 Å². The Morgan fingerprint density at radius 3 is 2.48 bits per heavy atom. The van der Waals surface area contributed by atoms with Crippen molar-refractivity contribution in [2.75, 3.05) is 27.3 Å². The number of benzene rings is 1. The lowest BCUT2D eigenvalue weighted by atomic mass is 10.1. The molecule has 1 amide bonds. The molecule has 0 unspecified atom stereocenters. The lowest BCUT2D eigenvalue weighted by Gasteiger charge is -2.17. The number of carbonyl (C=O) groups is 2. The highest BCUT2D eigenvalue weighted by Crippen LogP contribution is 2.35. The third-order valence-electron chi connectivity index (χ3n) is 3.02. The van der Waals surface area contributed by atoms with Crippen molar-refractivity contribution in [1.29, 1.82) is 0 Å². The number of carbonyl (C=O) groups excluding carboxylic acids is 1. The number of amides is 1. The minimum atomic E-state index is -1.07. The van der Waals surface area contributed by atoms with Gasteiger partial charge in [0.15, 0.2) is 11.5 Å². The van der Waals surface area contributed by atoms with Crippen LogP contribution >= 0.6 is 0 Å². The number of hydrogen-bond donors (Lipinski definition) is 1. The third-order valence-corrected chi connectivity index (χ3v) is 3.02. The normalized spacial score (nSPS) is 10.0. The van der Waals surface area contributed by atoms with Crippen molar-refractivity contribution >= 4 is 17.6 Å². The zero-order valence-corrected chi connectivity index (χ0v) is 13.1. The predicted molar refractivity (Wildman–Crippen MR) is 80.0 cm³/mol. The van der Waals surface area contributed by atoms with Crippen LogP contribution in [0.1, 0.15) is 23.7 Å². The van der Waals surface area contributed by atoms with Crippen molar-refractivity contribution in [2.45, 2.75) is 13.3 Å². The molecule has 0 aromatic heterocycles. The van der Waals surface area contributed by atoms with Crippen LogP contribution in [0.15, 0.2) is 12.1 Å². The van der Waals surface area contributed by atoms with E-state index >= 15 is 0 Å². The fourth-order valence-electron chi connectivity index (χ4n) is 1.87. The average Bonchev–Trinajstić information content (AvgIpc) is 2.51. The summed E-state index contributed by atoms with van der Waals surface area (Å²) in [6.45, 7) is 1.92. The summed E-state index contributed by atoms with van der Waals surface area (Å²) >= 11 is 0. The highest BCUT2D eigenvalue weighted by molar-refractivity contribution is 5.99. The second-order valence-electron chi connectivity index (χ2n) is 4.58. The molecule has 0 fully saturated rings. The summed E-state index contributed by atoms with van der Waals surface area (Å²) in [7, 11) is 2.73. The smallest absolute Gasteiger partial charge is 0.305 e. The van der Waals surface area contributed by atoms with Crippen molar-refractivity contribution in [3.05, 3.63) is 27.8 Å². The summed E-state index contributed by atoms with van der Waals surface area (Å²) in [5.41, 5.74) is -0.621. The molecule has 0 aliphatic heterocycles. The molecule has 0 atom stereocenters. The third kappa shape index (κ3) is 4.56. The van der Waals surface area contributed by atoms with E-state index in [1.54, 1.807) is 6.92 Å². The van der Waals surface area contributed by atoms with Gasteiger partial charge in [-0.05, 0) is 6.92 Å². The van der Waals surface area contributed by atoms with Crippen molar-refractivity contribution < 1.29 is 29.1 Å². The Bertz CT molecular complexity index is 615. The molecule has 1 rings (SSSR count). The van der Waals surface area contributed by atoms with Crippen molar-refractivity contribution in [3.63, 3.8) is 0 Å². The number of nitrogens with zero attached hydrogens (tertiary/aromatic N) is 2. The van der Waals surface area contributed by atoms with Gasteiger partial charge in [0, 0.05) is 19.7 Å². The first-order valence-electron chi connectivity index (χ1n) is 6.78. The summed E-state index contributed by atoms with van der Waals surface area (Å²) in [5.74, 6) is -1.39. The summed E-state index contributed by atoms with van der Waals surface area (Å²) in [5, 5.41) is 19.9. The second-order valence-corrected chi connectivity index (χ2v) is 4.58. The highest BCUT2D eigenvalue weighted by Gasteiger charge is 2.26. The van der Waals surface area contributed by atoms with Crippen LogP contribution in [-0.2, 0) is 4.79 Å². The van der Waals surface area contributed by atoms with E-state index in [1.165, 1.54) is 20.2 Å². The molecule has 0 bridgehead atoms. The first kappa shape index (κ1) is 18.2. The van der Waals surface area contributed by atoms with E-state index in [-0.39, 0.29) is 36.6 Å². The molecule has 1 aromatic carbocycles. The number of nitro groups is 1. The zero-order valence-electron chi connectivity index (χ0n) is 13.1. The van der Waals surface area contributed by atoms with Gasteiger partial charge in [-0.3, -0.25) is 19.7 Å². The fraction of sp³-hybridized carbons (Fsp3) is 0.429. The van der Waals surface area contributed by atoms with E-state index in [0.29, 0.717) is 0 Å². The summed E-state index contributed by atoms with van der Waals surface area (Å²) in [4.78, 5) is 34.6. The number of hydrogen-bond acceptors (Lipinski definition) is 6. The fourth-order valence-corrected chi connectivity index (χ4v) is 1.87. The van der Waals surface area contributed by atoms with Gasteiger partial charge in [0.25, 0.3) is 11.6 Å². The lowest BCUT2D eigenvalue weighted by Crippen LogP contribution is -2.29. The highest BCUT2D eigenvalue weighted by atomic mass is 16.6. The van der Waals surface area contributed by atoms with Crippen LogP contribution in [-0.4, -0.2) is 54.1 Å². The molecule has 0 aliphatic carbocycles. The molecule has 1 aromatic rings. The largest absolute Gasteiger partial charge is 0.493 e. The summed E-state index contributed by atoms with van der Waals surface area (Å²) in [6, 6.07) is 2.35. The molecule has 0 spiro atoms. The van der Waals surface area contributed by atoms with Gasteiger partial charge in [-0.15, -0.1) is 0 Å². The van der Waals surface area contributed by atoms with Gasteiger partial charge < -0.3 is 19.5 Å². The van der Waals surface area contributed by atoms with Crippen LogP contribution < -0.4 is 9.47 Å². The molecule has 126 valence electrons. The maximum atomic E-state index is 12.4. The van der Waals surface area contributed by atoms with Gasteiger partial charge in [-0.1, -0.05) is 0 Å². The average molecular weight is 326 g/mol. The van der Waals surface area contributed by atoms with E-state index in [1.807, 2.05) is 0 Å². The van der Waals surface area contributed by atoms with Crippen LogP contribution in [0.25, 0.3) is 0 Å². The maximum Gasteiger partial charge on any atom is 0.305 e. The van der Waals surface area contributed by atoms with Gasteiger partial charge >= 0.3 is 5.97 Å². The number of nitro benzene ring substituents is 1. The summed E-state index contributed by atoms with van der Waals surface area (Å²) < 4.78 is 10.3. The first-order chi connectivity index (χ1) is 10.8. The number of aliphatic carboxylic acids is 1. The van der Waals surface area contributed by atoms with Gasteiger partial charge in [0.2, 0.25) is 0 Å². The number of carboxylic acid groups (broad SMARTS) is 1. The number of carboxylic acids is 1. The Morgan fingerprint density at radius 1 is 1.35 bits per heavy atom. The molecule has 9 heteroatoms. The Labute approximate surface area is 132 Å². The van der Waals surface area contributed by atoms with E-state index in [4.69, 9.17) is 14.6 Å². The Hall–Kier alpha value is -2.84. The molecular weight excluding hydrogens is 308 g/mol. The first-order valence-corrected chi connectivity index (χ1v) is 6.78. The Kier molecular flexibility index (Phi) is 6.31. The minimum absolute atomic E-state index is 0.0686. The Balaban J connectivity index is 3.24. The quantitative estimate of drug-likeness (QED) is 0.568. The van der Waals surface area contributed by atoms with Crippen LogP contribution in [0.2, 0.25) is 0 Å². The van der Waals surface area contributed by atoms with Crippen molar-refractivity contribution in [1.82, 2.24) is 4.90 Å². The standard InChI is InChI=1S/C14H18N2O7/c1-4-23-12-8-10(16(20)21)9(7-11(12)22-3)14(19)15(2)6-5-13(17)18/h7-8H,4-6H2,1-3H3,(H,17,18). The van der Waals surface area contributed by atoms with Gasteiger partial charge in [0.1, 0.15) is 5.56 Å². The Morgan fingerprint density at radius 2 is 2.00 bits per heavy atom. The van der Waals surface area contributed by atoms with E-state index in [9.17, 15) is 19.7 Å². The topological polar surface area (TPSA) is 119 Å². The number of methoxy groups -OCH3 is 1. The SMILES string of the molecule is CCOc1cc([N+](=O)[O-])c(C(=O)N(C)CCC(=O)O)cc1OC. The van der Waals surface area contributed by atoms with E-state index in [0.717, 1.165) is 11.0 Å². The molecule has 0 aliphatic rings. The molecule has 0 heterocycles. The van der Waals surface area contributed by atoms with Crippen LogP contribution in [0.5, 0.6) is 11.5 Å². The van der Waals surface area contributed by atoms with Gasteiger partial charge in [0.05, 0.1) is 31.1 Å². The van der Waals surface area contributed by atoms with E-state index < -0.39 is 22.5 Å². The second kappa shape index (κ2) is 7.97. The molecular formula is C14H18N2O7. The molecule has 1 N–H and O–H groups in total. The van der Waals surface area contributed by atoms with Gasteiger partial charge in [-0.25, -0.2) is 0 Å². The predicted octanol–water partition coefficient (Wildman–Crippen LogP) is 1.55.